The Bertz CT molecular complexity index is 253. The molecule has 0 saturated carbocycles. The van der Waals surface area contributed by atoms with Gasteiger partial charge in [0.15, 0.2) is 0 Å². The van der Waals surface area contributed by atoms with Gasteiger partial charge < -0.3 is 0 Å². The van der Waals surface area contributed by atoms with E-state index in [-0.39, 0.29) is 0 Å². The molecule has 82 valence electrons. The van der Waals surface area contributed by atoms with Crippen molar-refractivity contribution in [2.24, 2.45) is 11.8 Å². The molecular formula is C14H23B. The highest BCUT2D eigenvalue weighted by molar-refractivity contribution is 6.08. The number of hydrogen-bond acceptors (Lipinski definition) is 0. The molecule has 0 nitrogen and oxygen atoms in total. The standard InChI is InChI=1S/C14H23B/c1-12(2)8-9-14(11-15)10-13-6-4-3-5-7-13/h3-7,12,14H,8-11,15H2,1-2H3. The lowest BCUT2D eigenvalue weighted by Crippen LogP contribution is -2.05. The Hall–Kier alpha value is -0.715. The second-order valence-corrected chi connectivity index (χ2v) is 4.94. The fourth-order valence-corrected chi connectivity index (χ4v) is 1.97. The molecule has 0 N–H and O–H groups in total. The maximum absolute atomic E-state index is 2.31. The first-order valence-electron chi connectivity index (χ1n) is 6.26. The third-order valence-corrected chi connectivity index (χ3v) is 3.10. The van der Waals surface area contributed by atoms with Gasteiger partial charge in [0.05, 0.1) is 0 Å². The van der Waals surface area contributed by atoms with E-state index in [0.717, 1.165) is 11.8 Å². The van der Waals surface area contributed by atoms with Crippen molar-refractivity contribution in [3.63, 3.8) is 0 Å². The van der Waals surface area contributed by atoms with E-state index in [4.69, 9.17) is 0 Å². The quantitative estimate of drug-likeness (QED) is 0.620. The third kappa shape index (κ3) is 5.06. The molecule has 15 heavy (non-hydrogen) atoms. The summed E-state index contributed by atoms with van der Waals surface area (Å²) in [6.07, 6.45) is 5.31. The van der Waals surface area contributed by atoms with Crippen LogP contribution in [0.3, 0.4) is 0 Å². The summed E-state index contributed by atoms with van der Waals surface area (Å²) in [6.45, 7) is 4.63. The van der Waals surface area contributed by atoms with E-state index in [0.29, 0.717) is 0 Å². The minimum Gasteiger partial charge on any atom is -0.0780 e. The summed E-state index contributed by atoms with van der Waals surface area (Å²) in [5.74, 6) is 1.71. The van der Waals surface area contributed by atoms with E-state index < -0.39 is 0 Å². The highest BCUT2D eigenvalue weighted by atomic mass is 14.1. The van der Waals surface area contributed by atoms with Crippen LogP contribution in [-0.2, 0) is 6.42 Å². The molecule has 0 aromatic heterocycles. The van der Waals surface area contributed by atoms with Crippen LogP contribution in [0.25, 0.3) is 0 Å². The monoisotopic (exact) mass is 202 g/mol. The van der Waals surface area contributed by atoms with E-state index in [2.05, 4.69) is 52.0 Å². The highest BCUT2D eigenvalue weighted by Gasteiger charge is 2.08. The van der Waals surface area contributed by atoms with Gasteiger partial charge in [0.25, 0.3) is 0 Å². The Labute approximate surface area is 95.5 Å². The van der Waals surface area contributed by atoms with Gasteiger partial charge in [0.1, 0.15) is 7.85 Å². The summed E-state index contributed by atoms with van der Waals surface area (Å²) in [4.78, 5) is 0. The minimum atomic E-state index is 0.842. The van der Waals surface area contributed by atoms with E-state index >= 15 is 0 Å². The zero-order valence-corrected chi connectivity index (χ0v) is 10.4. The predicted molar refractivity (Wildman–Crippen MR) is 71.1 cm³/mol. The van der Waals surface area contributed by atoms with Crippen molar-refractivity contribution < 1.29 is 0 Å². The summed E-state index contributed by atoms with van der Waals surface area (Å²) in [6, 6.07) is 10.9. The van der Waals surface area contributed by atoms with Crippen LogP contribution in [0.2, 0.25) is 6.32 Å². The van der Waals surface area contributed by atoms with Gasteiger partial charge in [-0.1, -0.05) is 63.3 Å². The van der Waals surface area contributed by atoms with E-state index in [9.17, 15) is 0 Å². The van der Waals surface area contributed by atoms with Gasteiger partial charge in [-0.15, -0.1) is 0 Å². The molecule has 0 spiro atoms. The molecule has 1 atom stereocenters. The van der Waals surface area contributed by atoms with Crippen molar-refractivity contribution in [2.45, 2.75) is 39.4 Å². The zero-order valence-electron chi connectivity index (χ0n) is 10.4. The summed E-state index contributed by atoms with van der Waals surface area (Å²) in [5.41, 5.74) is 1.49. The smallest absolute Gasteiger partial charge is 0.0780 e. The maximum atomic E-state index is 2.31. The number of hydrogen-bond donors (Lipinski definition) is 0. The van der Waals surface area contributed by atoms with Crippen LogP contribution in [0.5, 0.6) is 0 Å². The van der Waals surface area contributed by atoms with Crippen LogP contribution in [0.4, 0.5) is 0 Å². The van der Waals surface area contributed by atoms with Crippen molar-refractivity contribution in [3.8, 4) is 0 Å². The van der Waals surface area contributed by atoms with Gasteiger partial charge in [-0.05, 0) is 23.8 Å². The van der Waals surface area contributed by atoms with E-state index in [1.54, 1.807) is 0 Å². The molecule has 1 unspecified atom stereocenters. The lowest BCUT2D eigenvalue weighted by Gasteiger charge is -2.16. The largest absolute Gasteiger partial charge is 0.101 e. The Morgan fingerprint density at radius 1 is 1.07 bits per heavy atom. The van der Waals surface area contributed by atoms with Crippen molar-refractivity contribution in [3.05, 3.63) is 35.9 Å². The molecule has 1 rings (SSSR count). The molecule has 0 aliphatic rings. The Morgan fingerprint density at radius 3 is 2.27 bits per heavy atom. The van der Waals surface area contributed by atoms with Crippen molar-refractivity contribution >= 4 is 7.85 Å². The van der Waals surface area contributed by atoms with Gasteiger partial charge in [-0.3, -0.25) is 0 Å². The van der Waals surface area contributed by atoms with Crippen molar-refractivity contribution in [2.75, 3.05) is 0 Å². The average Bonchev–Trinajstić information content (AvgIpc) is 2.25. The second kappa shape index (κ2) is 6.71. The van der Waals surface area contributed by atoms with Gasteiger partial charge in [0, 0.05) is 0 Å². The fraction of sp³-hybridized carbons (Fsp3) is 0.571. The first-order valence-corrected chi connectivity index (χ1v) is 6.26. The summed E-state index contributed by atoms with van der Waals surface area (Å²) < 4.78 is 0. The van der Waals surface area contributed by atoms with Gasteiger partial charge in [0.2, 0.25) is 0 Å². The SMILES string of the molecule is BCC(CCC(C)C)Cc1ccccc1. The Kier molecular flexibility index (Phi) is 5.53. The average molecular weight is 202 g/mol. The number of rotatable bonds is 6. The van der Waals surface area contributed by atoms with E-state index in [1.807, 2.05) is 0 Å². The second-order valence-electron chi connectivity index (χ2n) is 4.94. The predicted octanol–water partition coefficient (Wildman–Crippen LogP) is 3.33. The molecule has 0 bridgehead atoms. The first kappa shape index (κ1) is 12.4. The summed E-state index contributed by atoms with van der Waals surface area (Å²) in [7, 11) is 2.31. The van der Waals surface area contributed by atoms with Crippen molar-refractivity contribution in [1.82, 2.24) is 0 Å². The Morgan fingerprint density at radius 2 is 1.73 bits per heavy atom. The van der Waals surface area contributed by atoms with Gasteiger partial charge in [-0.2, -0.15) is 0 Å². The lowest BCUT2D eigenvalue weighted by atomic mass is 9.82. The molecular weight excluding hydrogens is 179 g/mol. The minimum absolute atomic E-state index is 0.842. The van der Waals surface area contributed by atoms with Gasteiger partial charge in [-0.25, -0.2) is 0 Å². The van der Waals surface area contributed by atoms with Crippen LogP contribution < -0.4 is 0 Å². The third-order valence-electron chi connectivity index (χ3n) is 3.10. The molecule has 0 aliphatic heterocycles. The maximum Gasteiger partial charge on any atom is 0.101 e. The molecule has 1 aromatic carbocycles. The van der Waals surface area contributed by atoms with Crippen molar-refractivity contribution in [1.29, 1.82) is 0 Å². The normalized spacial score (nSPS) is 13.0. The fourth-order valence-electron chi connectivity index (χ4n) is 1.97. The first-order chi connectivity index (χ1) is 7.22. The van der Waals surface area contributed by atoms with Crippen LogP contribution in [0, 0.1) is 11.8 Å². The topological polar surface area (TPSA) is 0 Å². The molecule has 0 radical (unpaired) electrons. The van der Waals surface area contributed by atoms with Crippen LogP contribution >= 0.6 is 0 Å². The van der Waals surface area contributed by atoms with Gasteiger partial charge >= 0.3 is 0 Å². The van der Waals surface area contributed by atoms with E-state index in [1.165, 1.54) is 31.1 Å². The van der Waals surface area contributed by atoms with Crippen LogP contribution in [0.1, 0.15) is 32.3 Å². The summed E-state index contributed by atoms with van der Waals surface area (Å²) >= 11 is 0. The molecule has 0 amide bonds. The highest BCUT2D eigenvalue weighted by Crippen LogP contribution is 2.19. The molecule has 1 heteroatoms. The Balaban J connectivity index is 2.40. The van der Waals surface area contributed by atoms with Crippen LogP contribution in [-0.4, -0.2) is 7.85 Å². The lowest BCUT2D eigenvalue weighted by molar-refractivity contribution is 0.448. The molecule has 0 heterocycles. The number of benzene rings is 1. The molecule has 0 saturated heterocycles. The molecule has 0 fully saturated rings. The molecule has 1 aromatic rings. The van der Waals surface area contributed by atoms with Crippen LogP contribution in [0.15, 0.2) is 30.3 Å². The molecule has 0 aliphatic carbocycles. The summed E-state index contributed by atoms with van der Waals surface area (Å²) in [5, 5.41) is 0. The zero-order chi connectivity index (χ0) is 11.1.